The minimum atomic E-state index is -0.332. The molecule has 0 saturated carbocycles. The Labute approximate surface area is 190 Å². The molecule has 2 aromatic heterocycles. The van der Waals surface area contributed by atoms with Crippen molar-refractivity contribution in [3.8, 4) is 11.4 Å². The molecule has 1 amide bonds. The fourth-order valence-corrected chi connectivity index (χ4v) is 4.78. The number of hydrogen-bond donors (Lipinski definition) is 1. The first-order valence-corrected chi connectivity index (χ1v) is 11.7. The zero-order chi connectivity index (χ0) is 22.1. The van der Waals surface area contributed by atoms with E-state index in [1.807, 2.05) is 35.6 Å². The third kappa shape index (κ3) is 4.08. The Bertz CT molecular complexity index is 1260. The number of amides is 1. The van der Waals surface area contributed by atoms with Gasteiger partial charge in [-0.2, -0.15) is 0 Å². The van der Waals surface area contributed by atoms with Gasteiger partial charge in [-0.3, -0.25) is 9.20 Å². The average molecular weight is 448 g/mol. The van der Waals surface area contributed by atoms with Gasteiger partial charge in [0.2, 0.25) is 5.91 Å². The van der Waals surface area contributed by atoms with Crippen molar-refractivity contribution in [3.05, 3.63) is 54.1 Å². The van der Waals surface area contributed by atoms with Crippen LogP contribution in [-0.4, -0.2) is 50.0 Å². The fourth-order valence-electron chi connectivity index (χ4n) is 3.91. The van der Waals surface area contributed by atoms with Crippen molar-refractivity contribution in [1.82, 2.24) is 24.9 Å². The summed E-state index contributed by atoms with van der Waals surface area (Å²) in [5.74, 6) is 0.728. The lowest BCUT2D eigenvalue weighted by molar-refractivity contribution is -0.120. The van der Waals surface area contributed by atoms with Crippen LogP contribution in [0.1, 0.15) is 25.3 Å². The number of thioether (sulfide) groups is 1. The SMILES string of the molecule is Cc1ccc(-c2nc3ccccc3c3nnc(S[C@H](C)C(=O)NC[C@@H]4CCCO4)n23)cc1. The van der Waals surface area contributed by atoms with E-state index in [2.05, 4.69) is 46.7 Å². The van der Waals surface area contributed by atoms with Crippen molar-refractivity contribution in [2.24, 2.45) is 0 Å². The van der Waals surface area contributed by atoms with Gasteiger partial charge < -0.3 is 10.1 Å². The van der Waals surface area contributed by atoms with Crippen LogP contribution in [0.4, 0.5) is 0 Å². The zero-order valence-electron chi connectivity index (χ0n) is 18.1. The average Bonchev–Trinajstić information content (AvgIpc) is 3.48. The summed E-state index contributed by atoms with van der Waals surface area (Å²) < 4.78 is 7.56. The van der Waals surface area contributed by atoms with Crippen molar-refractivity contribution in [1.29, 1.82) is 0 Å². The van der Waals surface area contributed by atoms with Crippen LogP contribution in [0.2, 0.25) is 0 Å². The van der Waals surface area contributed by atoms with Crippen LogP contribution in [0, 0.1) is 6.92 Å². The molecule has 2 aromatic carbocycles. The number of hydrogen-bond acceptors (Lipinski definition) is 6. The van der Waals surface area contributed by atoms with E-state index in [1.54, 1.807) is 0 Å². The third-order valence-corrected chi connectivity index (χ3v) is 6.75. The van der Waals surface area contributed by atoms with Crippen molar-refractivity contribution < 1.29 is 9.53 Å². The molecule has 5 rings (SSSR count). The second kappa shape index (κ2) is 8.88. The maximum Gasteiger partial charge on any atom is 0.233 e. The van der Waals surface area contributed by atoms with Gasteiger partial charge in [0.05, 0.1) is 16.9 Å². The maximum atomic E-state index is 12.7. The van der Waals surface area contributed by atoms with Gasteiger partial charge in [-0.25, -0.2) is 4.98 Å². The Morgan fingerprint density at radius 2 is 2.03 bits per heavy atom. The van der Waals surface area contributed by atoms with E-state index in [0.29, 0.717) is 11.7 Å². The topological polar surface area (TPSA) is 81.4 Å². The molecular weight excluding hydrogens is 422 g/mol. The summed E-state index contributed by atoms with van der Waals surface area (Å²) in [6, 6.07) is 16.2. The predicted octanol–water partition coefficient (Wildman–Crippen LogP) is 4.03. The summed E-state index contributed by atoms with van der Waals surface area (Å²) in [7, 11) is 0. The second-order valence-corrected chi connectivity index (χ2v) is 9.41. The molecule has 0 spiro atoms. The molecule has 0 unspecified atom stereocenters. The highest BCUT2D eigenvalue weighted by atomic mass is 32.2. The van der Waals surface area contributed by atoms with E-state index < -0.39 is 0 Å². The van der Waals surface area contributed by atoms with Crippen LogP contribution in [0.15, 0.2) is 53.7 Å². The lowest BCUT2D eigenvalue weighted by Gasteiger charge is -2.15. The summed E-state index contributed by atoms with van der Waals surface area (Å²) >= 11 is 1.39. The Morgan fingerprint density at radius 1 is 1.22 bits per heavy atom. The number of fused-ring (bicyclic) bond motifs is 3. The van der Waals surface area contributed by atoms with Gasteiger partial charge in [0.15, 0.2) is 10.8 Å². The predicted molar refractivity (Wildman–Crippen MR) is 126 cm³/mol. The first kappa shape index (κ1) is 20.9. The van der Waals surface area contributed by atoms with E-state index in [4.69, 9.17) is 9.72 Å². The number of carbonyl (C=O) groups is 1. The van der Waals surface area contributed by atoms with E-state index in [0.717, 1.165) is 47.4 Å². The molecular formula is C24H25N5O2S. The molecule has 1 N–H and O–H groups in total. The summed E-state index contributed by atoms with van der Waals surface area (Å²) in [6.07, 6.45) is 2.17. The molecule has 0 radical (unpaired) electrons. The van der Waals surface area contributed by atoms with Crippen molar-refractivity contribution in [2.45, 2.75) is 43.2 Å². The maximum absolute atomic E-state index is 12.7. The van der Waals surface area contributed by atoms with Crippen LogP contribution in [0.3, 0.4) is 0 Å². The Hall–Kier alpha value is -2.97. The molecule has 1 aliphatic rings. The molecule has 1 aliphatic heterocycles. The lowest BCUT2D eigenvalue weighted by atomic mass is 10.1. The van der Waals surface area contributed by atoms with Crippen molar-refractivity contribution in [2.75, 3.05) is 13.2 Å². The third-order valence-electron chi connectivity index (χ3n) is 5.71. The highest BCUT2D eigenvalue weighted by Gasteiger charge is 2.23. The first-order valence-electron chi connectivity index (χ1n) is 10.9. The van der Waals surface area contributed by atoms with E-state index in [1.165, 1.54) is 17.3 Å². The van der Waals surface area contributed by atoms with E-state index in [-0.39, 0.29) is 17.3 Å². The number of carbonyl (C=O) groups excluding carboxylic acids is 1. The molecule has 164 valence electrons. The Balaban J connectivity index is 1.49. The number of benzene rings is 2. The Kier molecular flexibility index (Phi) is 5.80. The molecule has 1 fully saturated rings. The van der Waals surface area contributed by atoms with E-state index >= 15 is 0 Å². The summed E-state index contributed by atoms with van der Waals surface area (Å²) in [6.45, 7) is 5.27. The zero-order valence-corrected chi connectivity index (χ0v) is 18.9. The van der Waals surface area contributed by atoms with Gasteiger partial charge in [0.25, 0.3) is 0 Å². The molecule has 2 atom stereocenters. The van der Waals surface area contributed by atoms with Crippen molar-refractivity contribution >= 4 is 34.2 Å². The van der Waals surface area contributed by atoms with Crippen molar-refractivity contribution in [3.63, 3.8) is 0 Å². The molecule has 0 bridgehead atoms. The minimum Gasteiger partial charge on any atom is -0.376 e. The molecule has 3 heterocycles. The summed E-state index contributed by atoms with van der Waals surface area (Å²) in [5, 5.41) is 13.2. The largest absolute Gasteiger partial charge is 0.376 e. The van der Waals surface area contributed by atoms with Gasteiger partial charge >= 0.3 is 0 Å². The standard InChI is InChI=1S/C24H25N5O2S/c1-15-9-11-17(12-10-15)21-26-20-8-4-3-7-19(20)22-27-28-24(29(21)22)32-16(2)23(30)25-14-18-6-5-13-31-18/h3-4,7-12,16,18H,5-6,13-14H2,1-2H3,(H,25,30)/t16-,18+/m1/s1. The second-order valence-electron chi connectivity index (χ2n) is 8.10. The Morgan fingerprint density at radius 3 is 2.81 bits per heavy atom. The molecule has 1 saturated heterocycles. The highest BCUT2D eigenvalue weighted by molar-refractivity contribution is 8.00. The van der Waals surface area contributed by atoms with Gasteiger partial charge in [0.1, 0.15) is 5.82 Å². The van der Waals surface area contributed by atoms with Crippen LogP contribution >= 0.6 is 11.8 Å². The van der Waals surface area contributed by atoms with Crippen LogP contribution in [0.5, 0.6) is 0 Å². The van der Waals surface area contributed by atoms with Gasteiger partial charge in [0, 0.05) is 24.1 Å². The van der Waals surface area contributed by atoms with Gasteiger partial charge in [-0.15, -0.1) is 10.2 Å². The van der Waals surface area contributed by atoms with Crippen LogP contribution in [-0.2, 0) is 9.53 Å². The number of ether oxygens (including phenoxy) is 1. The summed E-state index contributed by atoms with van der Waals surface area (Å²) in [4.78, 5) is 17.6. The smallest absolute Gasteiger partial charge is 0.233 e. The van der Waals surface area contributed by atoms with Crippen LogP contribution in [0.25, 0.3) is 27.9 Å². The van der Waals surface area contributed by atoms with Gasteiger partial charge in [-0.1, -0.05) is 53.7 Å². The monoisotopic (exact) mass is 447 g/mol. The molecule has 32 heavy (non-hydrogen) atoms. The highest BCUT2D eigenvalue weighted by Crippen LogP contribution is 2.30. The number of rotatable bonds is 6. The number of nitrogens with one attached hydrogen (secondary N) is 1. The molecule has 8 heteroatoms. The minimum absolute atomic E-state index is 0.0344. The normalized spacial score (nSPS) is 17.1. The number of aryl methyl sites for hydroxylation is 1. The molecule has 7 nitrogen and oxygen atoms in total. The van der Waals surface area contributed by atoms with Gasteiger partial charge in [-0.05, 0) is 38.8 Å². The lowest BCUT2D eigenvalue weighted by Crippen LogP contribution is -2.36. The molecule has 4 aromatic rings. The number of aromatic nitrogens is 4. The number of nitrogens with zero attached hydrogens (tertiary/aromatic N) is 4. The molecule has 0 aliphatic carbocycles. The summed E-state index contributed by atoms with van der Waals surface area (Å²) in [5.41, 5.74) is 3.76. The van der Waals surface area contributed by atoms with E-state index in [9.17, 15) is 4.79 Å². The first-order chi connectivity index (χ1) is 15.6. The fraction of sp³-hybridized carbons (Fsp3) is 0.333. The number of para-hydroxylation sites is 1. The quantitative estimate of drug-likeness (QED) is 0.450. The van der Waals surface area contributed by atoms with Crippen LogP contribution < -0.4 is 5.32 Å².